The summed E-state index contributed by atoms with van der Waals surface area (Å²) in [6.07, 6.45) is 7.14. The van der Waals surface area contributed by atoms with Crippen LogP contribution in [0, 0.1) is 6.92 Å². The van der Waals surface area contributed by atoms with Gasteiger partial charge in [0.25, 0.3) is 0 Å². The van der Waals surface area contributed by atoms with Crippen molar-refractivity contribution in [3.05, 3.63) is 6.92 Å². The van der Waals surface area contributed by atoms with Crippen LogP contribution in [0.2, 0.25) is 0 Å². The third kappa shape index (κ3) is 7.40. The van der Waals surface area contributed by atoms with Crippen molar-refractivity contribution in [2.45, 2.75) is 58.8 Å². The summed E-state index contributed by atoms with van der Waals surface area (Å²) in [7, 11) is 0. The number of hydrogen-bond donors (Lipinski definition) is 0. The van der Waals surface area contributed by atoms with E-state index in [-0.39, 0.29) is 0 Å². The van der Waals surface area contributed by atoms with Crippen LogP contribution in [0.5, 0.6) is 0 Å². The summed E-state index contributed by atoms with van der Waals surface area (Å²) in [5.41, 5.74) is 0. The van der Waals surface area contributed by atoms with Crippen LogP contribution < -0.4 is 0 Å². The molecule has 2 heteroatoms. The first-order valence-electron chi connectivity index (χ1n) is 6.33. The first-order chi connectivity index (χ1) is 7.26. The van der Waals surface area contributed by atoms with Gasteiger partial charge in [-0.05, 0) is 19.3 Å². The molecule has 0 N–H and O–H groups in total. The van der Waals surface area contributed by atoms with Gasteiger partial charge in [-0.15, -0.1) is 0 Å². The zero-order chi connectivity index (χ0) is 11.5. The van der Waals surface area contributed by atoms with Gasteiger partial charge in [0, 0.05) is 19.5 Å². The molecule has 0 bridgehead atoms. The lowest BCUT2D eigenvalue weighted by atomic mass is 10.1. The summed E-state index contributed by atoms with van der Waals surface area (Å²) in [5, 5.41) is 0. The standard InChI is InChI=1S/C13H26NO/c1-4-7-8-9-10-13(15)14(11-5-2)12-6-3/h1,4-12H2,2-3H3. The topological polar surface area (TPSA) is 20.3 Å². The number of carbonyl (C=O) groups is 1. The van der Waals surface area contributed by atoms with Gasteiger partial charge < -0.3 is 4.90 Å². The lowest BCUT2D eigenvalue weighted by Gasteiger charge is -2.21. The van der Waals surface area contributed by atoms with Gasteiger partial charge in [0.2, 0.25) is 5.91 Å². The summed E-state index contributed by atoms with van der Waals surface area (Å²) < 4.78 is 0. The van der Waals surface area contributed by atoms with Gasteiger partial charge >= 0.3 is 0 Å². The van der Waals surface area contributed by atoms with Crippen molar-refractivity contribution in [3.63, 3.8) is 0 Å². The molecule has 0 aromatic heterocycles. The summed E-state index contributed by atoms with van der Waals surface area (Å²) in [6.45, 7) is 9.89. The first-order valence-corrected chi connectivity index (χ1v) is 6.33. The molecule has 0 spiro atoms. The maximum atomic E-state index is 11.8. The number of nitrogens with zero attached hydrogens (tertiary/aromatic N) is 1. The van der Waals surface area contributed by atoms with Gasteiger partial charge in [0.05, 0.1) is 0 Å². The molecular formula is C13H26NO. The Labute approximate surface area is 95.0 Å². The van der Waals surface area contributed by atoms with Gasteiger partial charge in [0.1, 0.15) is 0 Å². The fourth-order valence-electron chi connectivity index (χ4n) is 1.69. The number of rotatable bonds is 9. The molecule has 0 fully saturated rings. The monoisotopic (exact) mass is 212 g/mol. The van der Waals surface area contributed by atoms with Crippen LogP contribution in [0.1, 0.15) is 58.8 Å². The molecule has 0 unspecified atom stereocenters. The number of amides is 1. The van der Waals surface area contributed by atoms with Crippen molar-refractivity contribution < 1.29 is 4.79 Å². The second-order valence-electron chi connectivity index (χ2n) is 4.05. The molecule has 0 heterocycles. The van der Waals surface area contributed by atoms with Gasteiger partial charge in [-0.3, -0.25) is 4.79 Å². The van der Waals surface area contributed by atoms with Crippen molar-refractivity contribution in [2.24, 2.45) is 0 Å². The van der Waals surface area contributed by atoms with Crippen LogP contribution in [0.4, 0.5) is 0 Å². The molecule has 0 aromatic carbocycles. The second-order valence-corrected chi connectivity index (χ2v) is 4.05. The van der Waals surface area contributed by atoms with E-state index in [1.54, 1.807) is 0 Å². The predicted molar refractivity (Wildman–Crippen MR) is 65.6 cm³/mol. The summed E-state index contributed by atoms with van der Waals surface area (Å²) in [4.78, 5) is 13.8. The highest BCUT2D eigenvalue weighted by molar-refractivity contribution is 5.76. The Morgan fingerprint density at radius 1 is 1.07 bits per heavy atom. The Kier molecular flexibility index (Phi) is 9.65. The lowest BCUT2D eigenvalue weighted by molar-refractivity contribution is -0.131. The molecule has 0 aliphatic rings. The molecule has 0 saturated heterocycles. The maximum Gasteiger partial charge on any atom is 0.222 e. The zero-order valence-electron chi connectivity index (χ0n) is 10.4. The molecule has 0 atom stereocenters. The van der Waals surface area contributed by atoms with Gasteiger partial charge in [-0.2, -0.15) is 0 Å². The second kappa shape index (κ2) is 10.0. The highest BCUT2D eigenvalue weighted by atomic mass is 16.2. The molecule has 15 heavy (non-hydrogen) atoms. The molecule has 0 aliphatic heterocycles. The Morgan fingerprint density at radius 3 is 2.13 bits per heavy atom. The molecule has 1 amide bonds. The maximum absolute atomic E-state index is 11.8. The van der Waals surface area contributed by atoms with E-state index in [2.05, 4.69) is 20.8 Å². The lowest BCUT2D eigenvalue weighted by Crippen LogP contribution is -2.32. The van der Waals surface area contributed by atoms with E-state index in [0.717, 1.165) is 58.0 Å². The number of unbranched alkanes of at least 4 members (excludes halogenated alkanes) is 3. The van der Waals surface area contributed by atoms with Crippen LogP contribution in [-0.2, 0) is 4.79 Å². The van der Waals surface area contributed by atoms with Gasteiger partial charge in [-0.1, -0.05) is 40.0 Å². The Balaban J connectivity index is 3.70. The highest BCUT2D eigenvalue weighted by Crippen LogP contribution is 2.06. The van der Waals surface area contributed by atoms with Crippen molar-refractivity contribution in [1.29, 1.82) is 0 Å². The third-order valence-electron chi connectivity index (χ3n) is 2.48. The zero-order valence-corrected chi connectivity index (χ0v) is 10.4. The van der Waals surface area contributed by atoms with Gasteiger partial charge in [-0.25, -0.2) is 0 Å². The normalized spacial score (nSPS) is 10.3. The SMILES string of the molecule is [CH2]CCCCCC(=O)N(CCC)CCC. The average Bonchev–Trinajstić information content (AvgIpc) is 2.24. The van der Waals surface area contributed by atoms with Crippen molar-refractivity contribution in [1.82, 2.24) is 4.90 Å². The van der Waals surface area contributed by atoms with E-state index in [0.29, 0.717) is 5.91 Å². The van der Waals surface area contributed by atoms with Crippen LogP contribution in [0.15, 0.2) is 0 Å². The van der Waals surface area contributed by atoms with Crippen LogP contribution in [0.25, 0.3) is 0 Å². The minimum absolute atomic E-state index is 0.336. The summed E-state index contributed by atoms with van der Waals surface area (Å²) in [5.74, 6) is 0.336. The number of hydrogen-bond acceptors (Lipinski definition) is 1. The first kappa shape index (κ1) is 14.5. The van der Waals surface area contributed by atoms with E-state index in [1.165, 1.54) is 0 Å². The van der Waals surface area contributed by atoms with E-state index in [4.69, 9.17) is 0 Å². The molecule has 0 aromatic rings. The predicted octanol–water partition coefficient (Wildman–Crippen LogP) is 3.42. The van der Waals surface area contributed by atoms with E-state index in [9.17, 15) is 4.79 Å². The fourth-order valence-corrected chi connectivity index (χ4v) is 1.69. The average molecular weight is 212 g/mol. The molecule has 1 radical (unpaired) electrons. The Hall–Kier alpha value is -0.530. The minimum Gasteiger partial charge on any atom is -0.343 e. The Morgan fingerprint density at radius 2 is 1.67 bits per heavy atom. The van der Waals surface area contributed by atoms with Crippen LogP contribution in [-0.4, -0.2) is 23.9 Å². The largest absolute Gasteiger partial charge is 0.343 e. The summed E-state index contributed by atoms with van der Waals surface area (Å²) >= 11 is 0. The molecule has 0 rings (SSSR count). The van der Waals surface area contributed by atoms with E-state index >= 15 is 0 Å². The van der Waals surface area contributed by atoms with E-state index < -0.39 is 0 Å². The number of carbonyl (C=O) groups excluding carboxylic acids is 1. The minimum atomic E-state index is 0.336. The molecule has 0 saturated carbocycles. The van der Waals surface area contributed by atoms with Crippen molar-refractivity contribution >= 4 is 5.91 Å². The van der Waals surface area contributed by atoms with Crippen LogP contribution >= 0.6 is 0 Å². The molecule has 89 valence electrons. The third-order valence-corrected chi connectivity index (χ3v) is 2.48. The van der Waals surface area contributed by atoms with Gasteiger partial charge in [0.15, 0.2) is 0 Å². The molecule has 2 nitrogen and oxygen atoms in total. The molecular weight excluding hydrogens is 186 g/mol. The molecule has 0 aliphatic carbocycles. The summed E-state index contributed by atoms with van der Waals surface area (Å²) in [6, 6.07) is 0. The van der Waals surface area contributed by atoms with Crippen molar-refractivity contribution in [3.8, 4) is 0 Å². The Bertz CT molecular complexity index is 151. The quantitative estimate of drug-likeness (QED) is 0.536. The van der Waals surface area contributed by atoms with Crippen LogP contribution in [0.3, 0.4) is 0 Å². The van der Waals surface area contributed by atoms with Crippen molar-refractivity contribution in [2.75, 3.05) is 13.1 Å². The fraction of sp³-hybridized carbons (Fsp3) is 0.846. The smallest absolute Gasteiger partial charge is 0.222 e. The van der Waals surface area contributed by atoms with E-state index in [1.807, 2.05) is 4.90 Å². The highest BCUT2D eigenvalue weighted by Gasteiger charge is 2.10.